The zero-order chi connectivity index (χ0) is 30.1. The van der Waals surface area contributed by atoms with Gasteiger partial charge >= 0.3 is 21.1 Å². The van der Waals surface area contributed by atoms with E-state index in [1.54, 1.807) is 0 Å². The first kappa shape index (κ1) is 31.9. The Morgan fingerprint density at radius 3 is 1.42 bits per heavy atom. The second-order valence-corrected chi connectivity index (χ2v) is 11.0. The zero-order valence-corrected chi connectivity index (χ0v) is 27.8. The molecule has 226 valence electrons. The first-order valence-corrected chi connectivity index (χ1v) is 14.8. The Hall–Kier alpha value is -4.53. The molecule has 0 aromatic heterocycles. The van der Waals surface area contributed by atoms with Gasteiger partial charge in [-0.15, -0.1) is 16.7 Å². The molecule has 0 saturated carbocycles. The van der Waals surface area contributed by atoms with Crippen LogP contribution in [-0.2, 0) is 34.2 Å². The first-order valence-electron chi connectivity index (χ1n) is 14.8. The fraction of sp³-hybridized carbons (Fsp3) is 0.100. The third kappa shape index (κ3) is 8.35. The minimum Gasteiger partial charge on any atom is -0.511 e. The van der Waals surface area contributed by atoms with Crippen LogP contribution < -0.4 is 0 Å². The maximum Gasteiger partial charge on any atom is 4.00 e. The van der Waals surface area contributed by atoms with E-state index in [2.05, 4.69) is 157 Å². The van der Waals surface area contributed by atoms with Gasteiger partial charge in [0.1, 0.15) is 0 Å². The predicted molar refractivity (Wildman–Crippen MR) is 180 cm³/mol. The Balaban J connectivity index is 0.000000177. The second kappa shape index (κ2) is 15.5. The summed E-state index contributed by atoms with van der Waals surface area (Å²) < 4.78 is 0. The van der Waals surface area contributed by atoms with E-state index >= 15 is 0 Å². The minimum atomic E-state index is 0. The number of nitrogens with zero attached hydrogens (tertiary/aromatic N) is 4. The van der Waals surface area contributed by atoms with Crippen molar-refractivity contribution < 1.29 is 21.1 Å². The quantitative estimate of drug-likeness (QED) is 0.154. The number of rotatable bonds is 7. The Morgan fingerprint density at radius 1 is 0.511 bits per heavy atom. The van der Waals surface area contributed by atoms with Gasteiger partial charge in [0.15, 0.2) is 0 Å². The van der Waals surface area contributed by atoms with Gasteiger partial charge in [0.05, 0.1) is 0 Å². The molecular formula is C40H36N4Pt. The van der Waals surface area contributed by atoms with Crippen LogP contribution in [0.4, 0.5) is 0 Å². The van der Waals surface area contributed by atoms with Crippen LogP contribution in [0.25, 0.3) is 33.4 Å². The van der Waals surface area contributed by atoms with Crippen LogP contribution >= 0.6 is 0 Å². The SMILES string of the molecule is CN1C=CN(Cc2[c-]c(CN3C=CN(C)[CH-]3)ccc2)[CH-]1.[Pt+4].[c-]1ccc(-c2c(-c3ccccc3)cccc2-c2ccccc2)cc1. The molecule has 5 heteroatoms. The molecule has 0 spiro atoms. The Morgan fingerprint density at radius 2 is 0.978 bits per heavy atom. The van der Waals surface area contributed by atoms with Gasteiger partial charge in [-0.2, -0.15) is 67.9 Å². The molecule has 45 heavy (non-hydrogen) atoms. The molecule has 0 radical (unpaired) electrons. The van der Waals surface area contributed by atoms with Crippen molar-refractivity contribution in [2.75, 3.05) is 14.1 Å². The van der Waals surface area contributed by atoms with Crippen molar-refractivity contribution in [1.82, 2.24) is 19.6 Å². The third-order valence-electron chi connectivity index (χ3n) is 7.51. The van der Waals surface area contributed by atoms with Gasteiger partial charge in [-0.1, -0.05) is 78.9 Å². The van der Waals surface area contributed by atoms with E-state index < -0.39 is 0 Å². The molecule has 2 aliphatic rings. The summed E-state index contributed by atoms with van der Waals surface area (Å²) in [6.45, 7) is 5.86. The van der Waals surface area contributed by atoms with E-state index in [9.17, 15) is 0 Å². The molecule has 0 amide bonds. The topological polar surface area (TPSA) is 13.0 Å². The Labute approximate surface area is 282 Å². The third-order valence-corrected chi connectivity index (χ3v) is 7.51. The molecule has 0 bridgehead atoms. The molecule has 2 heterocycles. The summed E-state index contributed by atoms with van der Waals surface area (Å²) in [5.74, 6) is 0. The fourth-order valence-electron chi connectivity index (χ4n) is 5.47. The molecule has 0 atom stereocenters. The van der Waals surface area contributed by atoms with Crippen molar-refractivity contribution in [3.05, 3.63) is 183 Å². The monoisotopic (exact) mass is 767 g/mol. The van der Waals surface area contributed by atoms with Crippen LogP contribution in [-0.4, -0.2) is 33.7 Å². The van der Waals surface area contributed by atoms with Gasteiger partial charge in [-0.25, -0.2) is 0 Å². The van der Waals surface area contributed by atoms with Crippen LogP contribution in [0.15, 0.2) is 146 Å². The molecule has 4 nitrogen and oxygen atoms in total. The van der Waals surface area contributed by atoms with Crippen LogP contribution in [0.5, 0.6) is 0 Å². The predicted octanol–water partition coefficient (Wildman–Crippen LogP) is 8.65. The maximum absolute atomic E-state index is 3.50. The standard InChI is InChI=1S/C24H17.C16H19N4.Pt/c1-4-11-19(12-5-1)22-17-10-18-23(20-13-6-2-7-14-20)24(22)21-15-8-3-9-16-21;1-17-6-8-19(13-17)11-15-4-3-5-16(10-15)12-20-9-7-18(2)14-20;/h1-2,4-18H;3-9,13-14H,11-12H2,1-2H3;/q-1;-3;+4. The average molecular weight is 768 g/mol. The molecule has 0 aliphatic carbocycles. The van der Waals surface area contributed by atoms with Gasteiger partial charge in [0.25, 0.3) is 0 Å². The molecule has 0 unspecified atom stereocenters. The van der Waals surface area contributed by atoms with Crippen LogP contribution in [0.1, 0.15) is 11.1 Å². The molecule has 2 aliphatic heterocycles. The van der Waals surface area contributed by atoms with E-state index in [-0.39, 0.29) is 21.1 Å². The fourth-order valence-corrected chi connectivity index (χ4v) is 5.47. The normalized spacial score (nSPS) is 13.5. The Bertz CT molecular complexity index is 1600. The second-order valence-electron chi connectivity index (χ2n) is 11.0. The summed E-state index contributed by atoms with van der Waals surface area (Å²) in [7, 11) is 4.06. The molecule has 5 aromatic rings. The van der Waals surface area contributed by atoms with Crippen molar-refractivity contribution in [3.8, 4) is 33.4 Å². The number of benzene rings is 5. The molecule has 7 rings (SSSR count). The van der Waals surface area contributed by atoms with Crippen LogP contribution in [0.2, 0.25) is 0 Å². The molecular weight excluding hydrogens is 732 g/mol. The smallest absolute Gasteiger partial charge is 0.511 e. The zero-order valence-electron chi connectivity index (χ0n) is 25.5. The van der Waals surface area contributed by atoms with Gasteiger partial charge in [0, 0.05) is 0 Å². The largest absolute Gasteiger partial charge is 4.00 e. The minimum absolute atomic E-state index is 0. The van der Waals surface area contributed by atoms with E-state index in [1.807, 2.05) is 48.4 Å². The Kier molecular flexibility index (Phi) is 11.0. The summed E-state index contributed by atoms with van der Waals surface area (Å²) in [5.41, 5.74) is 9.86. The maximum atomic E-state index is 3.50. The van der Waals surface area contributed by atoms with Crippen LogP contribution in [0.3, 0.4) is 0 Å². The summed E-state index contributed by atoms with van der Waals surface area (Å²) in [5, 5.41) is 0. The molecule has 0 N–H and O–H groups in total. The van der Waals surface area contributed by atoms with Crippen molar-refractivity contribution in [2.45, 2.75) is 13.1 Å². The van der Waals surface area contributed by atoms with Gasteiger partial charge in [-0.05, 0) is 79.8 Å². The molecule has 0 fully saturated rings. The summed E-state index contributed by atoms with van der Waals surface area (Å²) in [6.07, 6.45) is 8.24. The van der Waals surface area contributed by atoms with Gasteiger partial charge in [-0.3, -0.25) is 0 Å². The average Bonchev–Trinajstić information content (AvgIpc) is 3.68. The van der Waals surface area contributed by atoms with Crippen molar-refractivity contribution in [2.24, 2.45) is 0 Å². The van der Waals surface area contributed by atoms with E-state index in [0.717, 1.165) is 13.1 Å². The first-order chi connectivity index (χ1) is 21.6. The van der Waals surface area contributed by atoms with Crippen molar-refractivity contribution >= 4 is 0 Å². The van der Waals surface area contributed by atoms with E-state index in [0.29, 0.717) is 0 Å². The summed E-state index contributed by atoms with van der Waals surface area (Å²) >= 11 is 0. The van der Waals surface area contributed by atoms with Gasteiger partial charge < -0.3 is 19.6 Å². The number of hydrogen-bond acceptors (Lipinski definition) is 4. The molecule has 0 saturated heterocycles. The summed E-state index contributed by atoms with van der Waals surface area (Å²) in [6, 6.07) is 48.9. The summed E-state index contributed by atoms with van der Waals surface area (Å²) in [4.78, 5) is 8.41. The van der Waals surface area contributed by atoms with Crippen molar-refractivity contribution in [3.63, 3.8) is 0 Å². The number of hydrogen-bond donors (Lipinski definition) is 0. The van der Waals surface area contributed by atoms with Crippen LogP contribution in [0, 0.1) is 25.5 Å². The molecule has 5 aromatic carbocycles. The van der Waals surface area contributed by atoms with Crippen molar-refractivity contribution in [1.29, 1.82) is 0 Å². The van der Waals surface area contributed by atoms with E-state index in [1.165, 1.54) is 44.5 Å². The van der Waals surface area contributed by atoms with Gasteiger partial charge in [0.2, 0.25) is 0 Å². The van der Waals surface area contributed by atoms with E-state index in [4.69, 9.17) is 0 Å².